The predicted octanol–water partition coefficient (Wildman–Crippen LogP) is 8.41. The second kappa shape index (κ2) is 14.7. The molecule has 0 spiro atoms. The average Bonchev–Trinajstić information content (AvgIpc) is 3.80. The smallest absolute Gasteiger partial charge is 0.264 e. The maximum absolute atomic E-state index is 12.0. The SMILES string of the molecule is CCn1c(-c2cccnc2[C@H](C)OC)c(CC(C)(C)CO[Si](c2ccccc2)(c2ccccc2)C(C)(C)C)c2cc([C@H]3C[C@@H]3OS(C)(=O)=O)ccc21. The Balaban J connectivity index is 1.48. The molecule has 1 saturated carbocycles. The van der Waals surface area contributed by atoms with E-state index in [9.17, 15) is 8.42 Å². The summed E-state index contributed by atoms with van der Waals surface area (Å²) >= 11 is 0. The van der Waals surface area contributed by atoms with Crippen LogP contribution in [-0.2, 0) is 36.4 Å². The Hall–Kier alpha value is -3.60. The summed E-state index contributed by atoms with van der Waals surface area (Å²) in [4.78, 5) is 4.84. The standard InChI is InChI=1S/C43H54N2O5SSi/c1-10-45-38-24-23-31(35-27-39(35)50-51(9,46)47)26-36(38)37(41(45)34-22-17-25-44-40(34)30(2)48-8)28-43(6,7)29-49-52(42(3,4)5,32-18-13-11-14-19-32)33-20-15-12-16-21-33/h11-26,30,35,39H,10,27-29H2,1-9H3/t30-,35+,39-/m0/s1. The Morgan fingerprint density at radius 3 is 2.12 bits per heavy atom. The molecule has 52 heavy (non-hydrogen) atoms. The Morgan fingerprint density at radius 2 is 1.56 bits per heavy atom. The Labute approximate surface area is 311 Å². The molecule has 2 aromatic heterocycles. The van der Waals surface area contributed by atoms with Crippen LogP contribution in [-0.4, -0.2) is 52.4 Å². The van der Waals surface area contributed by atoms with Gasteiger partial charge in [-0.25, -0.2) is 0 Å². The Bertz CT molecular complexity index is 2080. The molecule has 7 nitrogen and oxygen atoms in total. The molecule has 1 aliphatic rings. The first kappa shape index (κ1) is 38.1. The average molecular weight is 739 g/mol. The van der Waals surface area contributed by atoms with Gasteiger partial charge in [0.2, 0.25) is 0 Å². The zero-order chi connectivity index (χ0) is 37.5. The molecule has 9 heteroatoms. The maximum Gasteiger partial charge on any atom is 0.264 e. The molecule has 6 rings (SSSR count). The fraction of sp³-hybridized carbons (Fsp3) is 0.419. The van der Waals surface area contributed by atoms with Gasteiger partial charge in [-0.1, -0.05) is 101 Å². The number of ether oxygens (including phenoxy) is 1. The lowest BCUT2D eigenvalue weighted by Gasteiger charge is -2.44. The van der Waals surface area contributed by atoms with Crippen LogP contribution in [0.3, 0.4) is 0 Å². The molecule has 0 aliphatic heterocycles. The number of rotatable bonds is 14. The van der Waals surface area contributed by atoms with Gasteiger partial charge in [-0.05, 0) is 82.9 Å². The molecule has 3 atom stereocenters. The number of benzene rings is 3. The van der Waals surface area contributed by atoms with Gasteiger partial charge in [0, 0.05) is 48.8 Å². The minimum absolute atomic E-state index is 0.0364. The third kappa shape index (κ3) is 7.57. The predicted molar refractivity (Wildman–Crippen MR) is 214 cm³/mol. The van der Waals surface area contributed by atoms with Gasteiger partial charge in [0.25, 0.3) is 18.4 Å². The van der Waals surface area contributed by atoms with Gasteiger partial charge in [-0.2, -0.15) is 8.42 Å². The number of pyridine rings is 1. The lowest BCUT2D eigenvalue weighted by atomic mass is 9.84. The van der Waals surface area contributed by atoms with E-state index in [0.717, 1.165) is 52.6 Å². The molecule has 0 N–H and O–H groups in total. The zero-order valence-corrected chi connectivity index (χ0v) is 34.0. The second-order valence-electron chi connectivity index (χ2n) is 16.1. The minimum atomic E-state index is -3.54. The molecule has 1 fully saturated rings. The van der Waals surface area contributed by atoms with Crippen LogP contribution < -0.4 is 10.4 Å². The molecule has 0 radical (unpaired) electrons. The van der Waals surface area contributed by atoms with Crippen molar-refractivity contribution >= 4 is 39.7 Å². The number of fused-ring (bicyclic) bond motifs is 1. The Kier molecular flexibility index (Phi) is 10.8. The van der Waals surface area contributed by atoms with Gasteiger partial charge in [-0.15, -0.1) is 0 Å². The summed E-state index contributed by atoms with van der Waals surface area (Å²) in [5, 5.41) is 3.56. The number of aryl methyl sites for hydroxylation is 1. The second-order valence-corrected chi connectivity index (χ2v) is 22.0. The summed E-state index contributed by atoms with van der Waals surface area (Å²) in [6, 6.07) is 32.4. The van der Waals surface area contributed by atoms with Crippen LogP contribution in [0.1, 0.15) is 83.7 Å². The largest absolute Gasteiger partial charge is 0.407 e. The van der Waals surface area contributed by atoms with Crippen LogP contribution in [0.25, 0.3) is 22.2 Å². The van der Waals surface area contributed by atoms with Crippen LogP contribution in [0.4, 0.5) is 0 Å². The minimum Gasteiger partial charge on any atom is -0.407 e. The first-order valence-corrected chi connectivity index (χ1v) is 22.1. The van der Waals surface area contributed by atoms with E-state index in [1.807, 2.05) is 19.2 Å². The summed E-state index contributed by atoms with van der Waals surface area (Å²) < 4.78 is 45.1. The van der Waals surface area contributed by atoms with E-state index in [4.69, 9.17) is 18.3 Å². The van der Waals surface area contributed by atoms with Crippen molar-refractivity contribution in [3.8, 4) is 11.3 Å². The quantitative estimate of drug-likeness (QED) is 0.0842. The van der Waals surface area contributed by atoms with E-state index in [-0.39, 0.29) is 28.6 Å². The summed E-state index contributed by atoms with van der Waals surface area (Å²) in [5.74, 6) is 0.0364. The molecular weight excluding hydrogens is 685 g/mol. The van der Waals surface area contributed by atoms with Crippen molar-refractivity contribution in [1.82, 2.24) is 9.55 Å². The number of hydrogen-bond acceptors (Lipinski definition) is 6. The van der Waals surface area contributed by atoms with Crippen LogP contribution in [0.2, 0.25) is 5.04 Å². The lowest BCUT2D eigenvalue weighted by molar-refractivity contribution is 0.116. The number of methoxy groups -OCH3 is 1. The highest BCUT2D eigenvalue weighted by atomic mass is 32.2. The molecule has 3 aromatic carbocycles. The van der Waals surface area contributed by atoms with Gasteiger partial charge >= 0.3 is 0 Å². The highest BCUT2D eigenvalue weighted by molar-refractivity contribution is 7.86. The van der Waals surface area contributed by atoms with Gasteiger partial charge in [0.1, 0.15) is 0 Å². The molecule has 1 aliphatic carbocycles. The van der Waals surface area contributed by atoms with Crippen molar-refractivity contribution in [3.05, 3.63) is 114 Å². The van der Waals surface area contributed by atoms with Crippen molar-refractivity contribution in [2.75, 3.05) is 20.0 Å². The zero-order valence-electron chi connectivity index (χ0n) is 32.1. The highest BCUT2D eigenvalue weighted by Crippen LogP contribution is 2.47. The van der Waals surface area contributed by atoms with E-state index in [2.05, 4.69) is 131 Å². The van der Waals surface area contributed by atoms with Gasteiger partial charge in [-0.3, -0.25) is 9.17 Å². The van der Waals surface area contributed by atoms with Gasteiger partial charge in [0.15, 0.2) is 0 Å². The molecule has 276 valence electrons. The maximum atomic E-state index is 12.0. The number of aromatic nitrogens is 2. The van der Waals surface area contributed by atoms with E-state index < -0.39 is 18.4 Å². The van der Waals surface area contributed by atoms with Crippen LogP contribution in [0.15, 0.2) is 97.2 Å². The molecule has 0 saturated heterocycles. The number of nitrogens with zero attached hydrogens (tertiary/aromatic N) is 2. The first-order chi connectivity index (χ1) is 24.6. The molecule has 0 amide bonds. The fourth-order valence-electron chi connectivity index (χ4n) is 7.99. The normalized spacial score (nSPS) is 17.4. The molecule has 0 unspecified atom stereocenters. The van der Waals surface area contributed by atoms with E-state index in [0.29, 0.717) is 13.0 Å². The molecule has 5 aromatic rings. The van der Waals surface area contributed by atoms with Crippen LogP contribution in [0.5, 0.6) is 0 Å². The Morgan fingerprint density at radius 1 is 0.923 bits per heavy atom. The molecule has 0 bridgehead atoms. The van der Waals surface area contributed by atoms with Gasteiger partial charge < -0.3 is 13.7 Å². The fourth-order valence-corrected chi connectivity index (χ4v) is 13.4. The first-order valence-electron chi connectivity index (χ1n) is 18.4. The van der Waals surface area contributed by atoms with Crippen LogP contribution >= 0.6 is 0 Å². The van der Waals surface area contributed by atoms with E-state index in [1.165, 1.54) is 15.9 Å². The summed E-state index contributed by atoms with van der Waals surface area (Å²) in [6.45, 7) is 17.1. The monoisotopic (exact) mass is 738 g/mol. The molecule has 2 heterocycles. The van der Waals surface area contributed by atoms with Crippen LogP contribution in [0, 0.1) is 5.41 Å². The van der Waals surface area contributed by atoms with Crippen molar-refractivity contribution in [2.45, 2.75) is 91.0 Å². The highest BCUT2D eigenvalue weighted by Gasteiger charge is 2.51. The van der Waals surface area contributed by atoms with Crippen molar-refractivity contribution in [2.24, 2.45) is 5.41 Å². The molecular formula is C43H54N2O5SSi. The third-order valence-corrected chi connectivity index (χ3v) is 16.1. The van der Waals surface area contributed by atoms with E-state index in [1.54, 1.807) is 7.11 Å². The van der Waals surface area contributed by atoms with Crippen molar-refractivity contribution in [1.29, 1.82) is 0 Å². The summed E-state index contributed by atoms with van der Waals surface area (Å²) in [7, 11) is -4.59. The summed E-state index contributed by atoms with van der Waals surface area (Å²) in [6.07, 6.45) is 3.87. The third-order valence-electron chi connectivity index (χ3n) is 10.6. The van der Waals surface area contributed by atoms with E-state index >= 15 is 0 Å². The number of hydrogen-bond donors (Lipinski definition) is 0. The lowest BCUT2D eigenvalue weighted by Crippen LogP contribution is -2.67. The van der Waals surface area contributed by atoms with Gasteiger partial charge in [0.05, 0.1) is 29.9 Å². The topological polar surface area (TPSA) is 79.7 Å². The van der Waals surface area contributed by atoms with Crippen molar-refractivity contribution in [3.63, 3.8) is 0 Å². The summed E-state index contributed by atoms with van der Waals surface area (Å²) in [5.41, 5.74) is 6.28. The van der Waals surface area contributed by atoms with Crippen molar-refractivity contribution < 1.29 is 21.8 Å².